The van der Waals surface area contributed by atoms with Crippen molar-refractivity contribution in [1.82, 2.24) is 4.57 Å². The van der Waals surface area contributed by atoms with Gasteiger partial charge >= 0.3 is 0 Å². The molecule has 1 heterocycles. The zero-order valence-electron chi connectivity index (χ0n) is 15.9. The first-order valence-electron chi connectivity index (χ1n) is 8.65. The summed E-state index contributed by atoms with van der Waals surface area (Å²) in [6, 6.07) is 16.4. The predicted octanol–water partition coefficient (Wildman–Crippen LogP) is 3.79. The van der Waals surface area contributed by atoms with Crippen LogP contribution in [0.3, 0.4) is 0 Å². The monoisotopic (exact) mass is 362 g/mol. The van der Waals surface area contributed by atoms with E-state index in [4.69, 9.17) is 0 Å². The number of aromatic hydroxyl groups is 1. The van der Waals surface area contributed by atoms with E-state index in [-0.39, 0.29) is 28.2 Å². The molecule has 0 unspecified atom stereocenters. The van der Waals surface area contributed by atoms with Crippen LogP contribution in [-0.2, 0) is 0 Å². The quantitative estimate of drug-likeness (QED) is 0.718. The van der Waals surface area contributed by atoms with E-state index in [1.54, 1.807) is 31.2 Å². The highest BCUT2D eigenvalue weighted by molar-refractivity contribution is 6.00. The van der Waals surface area contributed by atoms with Gasteiger partial charge in [-0.2, -0.15) is 0 Å². The van der Waals surface area contributed by atoms with Crippen LogP contribution in [0.5, 0.6) is 5.75 Å². The fraction of sp³-hybridized carbons (Fsp3) is 0.182. The number of rotatable bonds is 4. The number of nitrogens with zero attached hydrogens (tertiary/aromatic N) is 2. The molecule has 0 aliphatic rings. The summed E-state index contributed by atoms with van der Waals surface area (Å²) in [5, 5.41) is 10.7. The summed E-state index contributed by atoms with van der Waals surface area (Å²) in [6.07, 6.45) is 0. The van der Waals surface area contributed by atoms with Gasteiger partial charge in [0.15, 0.2) is 5.78 Å². The molecule has 0 saturated carbocycles. The van der Waals surface area contributed by atoms with Crippen molar-refractivity contribution < 1.29 is 9.90 Å². The lowest BCUT2D eigenvalue weighted by Crippen LogP contribution is -2.25. The van der Waals surface area contributed by atoms with Crippen molar-refractivity contribution in [3.63, 3.8) is 0 Å². The maximum absolute atomic E-state index is 13.3. The lowest BCUT2D eigenvalue weighted by atomic mass is 9.99. The molecule has 0 amide bonds. The van der Waals surface area contributed by atoms with Crippen LogP contribution in [0.4, 0.5) is 5.69 Å². The van der Waals surface area contributed by atoms with Crippen LogP contribution in [0.2, 0.25) is 0 Å². The van der Waals surface area contributed by atoms with Crippen molar-refractivity contribution in [3.8, 4) is 22.6 Å². The molecule has 1 aromatic heterocycles. The molecule has 0 spiro atoms. The second-order valence-corrected chi connectivity index (χ2v) is 6.66. The van der Waals surface area contributed by atoms with Gasteiger partial charge in [-0.25, -0.2) is 0 Å². The van der Waals surface area contributed by atoms with Crippen LogP contribution in [-0.4, -0.2) is 29.6 Å². The summed E-state index contributed by atoms with van der Waals surface area (Å²) < 4.78 is 1.48. The standard InChI is InChI=1S/C22H22N2O3/c1-14-19(15(2)25)21(26)20(16-8-6-5-7-9-16)22(27)24(14)18-12-10-17(11-13-18)23(3)4/h5-13,26H,1-4H3. The summed E-state index contributed by atoms with van der Waals surface area (Å²) in [5.41, 5.74) is 2.55. The molecule has 0 atom stereocenters. The van der Waals surface area contributed by atoms with Crippen molar-refractivity contribution >= 4 is 11.5 Å². The number of Topliss-reactive ketones (excluding diaryl/α,β-unsaturated/α-hetero) is 1. The van der Waals surface area contributed by atoms with Crippen LogP contribution in [0, 0.1) is 6.92 Å². The number of carbonyl (C=O) groups excluding carboxylic acids is 1. The van der Waals surface area contributed by atoms with Gasteiger partial charge in [0.1, 0.15) is 5.75 Å². The van der Waals surface area contributed by atoms with Crippen molar-refractivity contribution in [1.29, 1.82) is 0 Å². The lowest BCUT2D eigenvalue weighted by Gasteiger charge is -2.19. The maximum Gasteiger partial charge on any atom is 0.266 e. The smallest absolute Gasteiger partial charge is 0.266 e. The van der Waals surface area contributed by atoms with Crippen molar-refractivity contribution in [2.24, 2.45) is 0 Å². The third-order valence-electron chi connectivity index (χ3n) is 4.63. The minimum atomic E-state index is -0.362. The Morgan fingerprint density at radius 2 is 1.59 bits per heavy atom. The van der Waals surface area contributed by atoms with E-state index in [1.165, 1.54) is 11.5 Å². The van der Waals surface area contributed by atoms with Crippen LogP contribution in [0.15, 0.2) is 59.4 Å². The first-order chi connectivity index (χ1) is 12.8. The van der Waals surface area contributed by atoms with E-state index >= 15 is 0 Å². The fourth-order valence-corrected chi connectivity index (χ4v) is 3.27. The molecule has 0 bridgehead atoms. The number of ketones is 1. The molecule has 0 fully saturated rings. The lowest BCUT2D eigenvalue weighted by molar-refractivity contribution is 0.101. The molecule has 1 N–H and O–H groups in total. The zero-order chi connectivity index (χ0) is 19.7. The van der Waals surface area contributed by atoms with Gasteiger partial charge in [-0.15, -0.1) is 0 Å². The second kappa shape index (κ2) is 7.11. The van der Waals surface area contributed by atoms with Crippen LogP contribution in [0.1, 0.15) is 23.0 Å². The number of aromatic nitrogens is 1. The number of hydrogen-bond donors (Lipinski definition) is 1. The topological polar surface area (TPSA) is 62.5 Å². The molecule has 2 aromatic carbocycles. The van der Waals surface area contributed by atoms with Gasteiger partial charge in [0, 0.05) is 31.2 Å². The molecule has 3 rings (SSSR count). The highest BCUT2D eigenvalue weighted by atomic mass is 16.3. The minimum absolute atomic E-state index is 0.128. The van der Waals surface area contributed by atoms with E-state index < -0.39 is 0 Å². The number of carbonyl (C=O) groups is 1. The largest absolute Gasteiger partial charge is 0.506 e. The molecule has 0 aliphatic heterocycles. The highest BCUT2D eigenvalue weighted by Crippen LogP contribution is 2.32. The molecule has 0 aliphatic carbocycles. The van der Waals surface area contributed by atoms with E-state index in [0.717, 1.165) is 5.69 Å². The van der Waals surface area contributed by atoms with Gasteiger partial charge in [0.05, 0.1) is 11.1 Å². The Balaban J connectivity index is 2.36. The molecule has 138 valence electrons. The molecule has 5 nitrogen and oxygen atoms in total. The zero-order valence-corrected chi connectivity index (χ0v) is 15.9. The van der Waals surface area contributed by atoms with Gasteiger partial charge in [0.2, 0.25) is 0 Å². The Labute approximate surface area is 158 Å². The molecule has 0 saturated heterocycles. The highest BCUT2D eigenvalue weighted by Gasteiger charge is 2.23. The molecule has 0 radical (unpaired) electrons. The van der Waals surface area contributed by atoms with Gasteiger partial charge < -0.3 is 10.0 Å². The summed E-state index contributed by atoms with van der Waals surface area (Å²) >= 11 is 0. The molecular weight excluding hydrogens is 340 g/mol. The molecule has 3 aromatic rings. The summed E-state index contributed by atoms with van der Waals surface area (Å²) in [4.78, 5) is 27.5. The minimum Gasteiger partial charge on any atom is -0.506 e. The second-order valence-electron chi connectivity index (χ2n) is 6.66. The predicted molar refractivity (Wildman–Crippen MR) is 108 cm³/mol. The van der Waals surface area contributed by atoms with E-state index in [9.17, 15) is 14.7 Å². The Bertz CT molecular complexity index is 1050. The maximum atomic E-state index is 13.3. The average molecular weight is 362 g/mol. The van der Waals surface area contributed by atoms with Gasteiger partial charge in [-0.05, 0) is 43.7 Å². The molecular formula is C22H22N2O3. The third kappa shape index (κ3) is 3.24. The SMILES string of the molecule is CC(=O)c1c(O)c(-c2ccccc2)c(=O)n(-c2ccc(N(C)C)cc2)c1C. The third-order valence-corrected chi connectivity index (χ3v) is 4.63. The Kier molecular flexibility index (Phi) is 4.86. The number of anilines is 1. The first-order valence-corrected chi connectivity index (χ1v) is 8.65. The number of benzene rings is 2. The van der Waals surface area contributed by atoms with Crippen molar-refractivity contribution in [2.45, 2.75) is 13.8 Å². The average Bonchev–Trinajstić information content (AvgIpc) is 2.62. The summed E-state index contributed by atoms with van der Waals surface area (Å²) in [7, 11) is 3.88. The molecule has 27 heavy (non-hydrogen) atoms. The van der Waals surface area contributed by atoms with Crippen LogP contribution >= 0.6 is 0 Å². The van der Waals surface area contributed by atoms with Crippen LogP contribution in [0.25, 0.3) is 16.8 Å². The van der Waals surface area contributed by atoms with E-state index in [2.05, 4.69) is 0 Å². The van der Waals surface area contributed by atoms with Crippen molar-refractivity contribution in [3.05, 3.63) is 76.2 Å². The Morgan fingerprint density at radius 1 is 1.00 bits per heavy atom. The van der Waals surface area contributed by atoms with Gasteiger partial charge in [-0.3, -0.25) is 14.2 Å². The summed E-state index contributed by atoms with van der Waals surface area (Å²) in [6.45, 7) is 3.06. The number of pyridine rings is 1. The van der Waals surface area contributed by atoms with Gasteiger partial charge in [0.25, 0.3) is 5.56 Å². The molecule has 5 heteroatoms. The van der Waals surface area contributed by atoms with E-state index in [0.29, 0.717) is 16.9 Å². The normalized spacial score (nSPS) is 10.7. The van der Waals surface area contributed by atoms with Crippen molar-refractivity contribution in [2.75, 3.05) is 19.0 Å². The van der Waals surface area contributed by atoms with E-state index in [1.807, 2.05) is 49.3 Å². The number of hydrogen-bond acceptors (Lipinski definition) is 4. The van der Waals surface area contributed by atoms with Crippen LogP contribution < -0.4 is 10.5 Å². The summed E-state index contributed by atoms with van der Waals surface area (Å²) in [5.74, 6) is -0.557. The Morgan fingerprint density at radius 3 is 2.11 bits per heavy atom. The first kappa shape index (κ1) is 18.5. The van der Waals surface area contributed by atoms with Gasteiger partial charge in [-0.1, -0.05) is 30.3 Å². The fourth-order valence-electron chi connectivity index (χ4n) is 3.27. The Hall–Kier alpha value is -3.34.